The molecule has 0 saturated heterocycles. The van der Waals surface area contributed by atoms with Gasteiger partial charge in [0.1, 0.15) is 21.8 Å². The average molecular weight is 326 g/mol. The Hall–Kier alpha value is -2.85. The van der Waals surface area contributed by atoms with Gasteiger partial charge in [-0.05, 0) is 20.3 Å². The molecule has 0 fully saturated rings. The third kappa shape index (κ3) is 2.33. The third-order valence-electron chi connectivity index (χ3n) is 3.80. The molecule has 1 aliphatic rings. The zero-order valence-electron chi connectivity index (χ0n) is 12.4. The maximum absolute atomic E-state index is 12.5. The number of rotatable bonds is 4. The van der Waals surface area contributed by atoms with Crippen LogP contribution in [0.4, 0.5) is 0 Å². The third-order valence-corrected chi connectivity index (χ3v) is 3.80. The Bertz CT molecular complexity index is 727. The topological polar surface area (TPSA) is 147 Å². The van der Waals surface area contributed by atoms with Crippen molar-refractivity contribution in [2.75, 3.05) is 6.61 Å². The molecule has 2 rings (SSSR count). The van der Waals surface area contributed by atoms with Gasteiger partial charge in [-0.3, -0.25) is 29.6 Å². The Morgan fingerprint density at radius 1 is 1.48 bits per heavy atom. The van der Waals surface area contributed by atoms with Crippen molar-refractivity contribution < 1.29 is 19.4 Å². The van der Waals surface area contributed by atoms with Gasteiger partial charge in [-0.2, -0.15) is 0 Å². The zero-order chi connectivity index (χ0) is 17.4. The summed E-state index contributed by atoms with van der Waals surface area (Å²) in [5.74, 6) is -1.50. The number of fused-ring (bicyclic) bond motifs is 1. The number of esters is 1. The summed E-state index contributed by atoms with van der Waals surface area (Å²) in [4.78, 5) is 48.5. The molecular weight excluding hydrogens is 312 g/mol. The van der Waals surface area contributed by atoms with E-state index in [9.17, 15) is 29.8 Å². The van der Waals surface area contributed by atoms with E-state index in [4.69, 9.17) is 4.74 Å². The highest BCUT2D eigenvalue weighted by atomic mass is 16.7. The van der Waals surface area contributed by atoms with Gasteiger partial charge < -0.3 is 4.74 Å². The Kier molecular flexibility index (Phi) is 4.12. The van der Waals surface area contributed by atoms with E-state index in [1.165, 1.54) is 0 Å². The van der Waals surface area contributed by atoms with E-state index in [1.807, 2.05) is 0 Å². The van der Waals surface area contributed by atoms with Crippen LogP contribution in [-0.4, -0.2) is 32.0 Å². The van der Waals surface area contributed by atoms with Crippen LogP contribution in [0.1, 0.15) is 48.9 Å². The number of aromatic nitrogens is 2. The Morgan fingerprint density at radius 3 is 2.61 bits per heavy atom. The number of carbonyl (C=O) groups is 1. The highest BCUT2D eigenvalue weighted by Gasteiger charge is 2.63. The van der Waals surface area contributed by atoms with Crippen molar-refractivity contribution in [3.05, 3.63) is 48.2 Å². The summed E-state index contributed by atoms with van der Waals surface area (Å²) in [6, 6.07) is -0.563. The van der Waals surface area contributed by atoms with Crippen molar-refractivity contribution in [3.63, 3.8) is 0 Å². The van der Waals surface area contributed by atoms with E-state index in [-0.39, 0.29) is 19.4 Å². The lowest BCUT2D eigenvalue weighted by Crippen LogP contribution is -2.52. The lowest BCUT2D eigenvalue weighted by atomic mass is 9.95. The first-order valence-electron chi connectivity index (χ1n) is 6.85. The van der Waals surface area contributed by atoms with Crippen LogP contribution >= 0.6 is 0 Å². The van der Waals surface area contributed by atoms with Gasteiger partial charge in [0.15, 0.2) is 0 Å². The van der Waals surface area contributed by atoms with Gasteiger partial charge in [0, 0.05) is 12.2 Å². The van der Waals surface area contributed by atoms with Crippen molar-refractivity contribution in [1.82, 2.24) is 9.55 Å². The van der Waals surface area contributed by atoms with Crippen molar-refractivity contribution in [1.29, 1.82) is 0 Å². The lowest BCUT2D eigenvalue weighted by Gasteiger charge is -2.28. The molecule has 0 spiro atoms. The molecule has 23 heavy (non-hydrogen) atoms. The molecule has 2 heterocycles. The summed E-state index contributed by atoms with van der Waals surface area (Å²) in [7, 11) is 0. The van der Waals surface area contributed by atoms with Crippen LogP contribution < -0.4 is 5.56 Å². The SMILES string of the molecule is CCOC(=O)c1cnc2n(c1=O)C(C)CCC2([N+](=O)[O-])[N+](=O)[O-]. The summed E-state index contributed by atoms with van der Waals surface area (Å²) < 4.78 is 5.57. The zero-order valence-corrected chi connectivity index (χ0v) is 12.4. The molecule has 1 aliphatic heterocycles. The molecular formula is C12H14N4O7. The summed E-state index contributed by atoms with van der Waals surface area (Å²) in [5, 5.41) is 22.7. The first-order valence-corrected chi connectivity index (χ1v) is 6.85. The normalized spacial score (nSPS) is 18.8. The Labute approximate surface area is 129 Å². The minimum atomic E-state index is -2.70. The highest BCUT2D eigenvalue weighted by molar-refractivity contribution is 5.88. The predicted molar refractivity (Wildman–Crippen MR) is 74.1 cm³/mol. The van der Waals surface area contributed by atoms with Crippen LogP contribution in [0.2, 0.25) is 0 Å². The van der Waals surface area contributed by atoms with Crippen LogP contribution in [0.25, 0.3) is 0 Å². The van der Waals surface area contributed by atoms with E-state index in [2.05, 4.69) is 4.98 Å². The molecule has 1 atom stereocenters. The van der Waals surface area contributed by atoms with Crippen molar-refractivity contribution in [2.24, 2.45) is 0 Å². The maximum atomic E-state index is 12.5. The fourth-order valence-electron chi connectivity index (χ4n) is 2.59. The quantitative estimate of drug-likeness (QED) is 0.336. The largest absolute Gasteiger partial charge is 0.515 e. The molecule has 124 valence electrons. The summed E-state index contributed by atoms with van der Waals surface area (Å²) >= 11 is 0. The van der Waals surface area contributed by atoms with Crippen LogP contribution in [0.5, 0.6) is 0 Å². The number of nitro groups is 2. The molecule has 0 amide bonds. The van der Waals surface area contributed by atoms with Gasteiger partial charge in [-0.15, -0.1) is 0 Å². The molecule has 0 aliphatic carbocycles. The van der Waals surface area contributed by atoms with E-state index in [1.54, 1.807) is 13.8 Å². The number of hydrogen-bond donors (Lipinski definition) is 0. The Balaban J connectivity index is 2.75. The van der Waals surface area contributed by atoms with Gasteiger partial charge >= 0.3 is 11.6 Å². The van der Waals surface area contributed by atoms with Gasteiger partial charge in [-0.25, -0.2) is 9.78 Å². The molecule has 0 bridgehead atoms. The predicted octanol–water partition coefficient (Wildman–Crippen LogP) is 0.481. The number of carbonyl (C=O) groups excluding carboxylic acids is 1. The molecule has 1 aromatic rings. The minimum Gasteiger partial charge on any atom is -0.462 e. The molecule has 1 aromatic heterocycles. The second-order valence-corrected chi connectivity index (χ2v) is 5.11. The molecule has 11 heteroatoms. The Morgan fingerprint density at radius 2 is 2.09 bits per heavy atom. The van der Waals surface area contributed by atoms with Crippen LogP contribution in [0.15, 0.2) is 11.0 Å². The second-order valence-electron chi connectivity index (χ2n) is 5.11. The molecule has 1 unspecified atom stereocenters. The summed E-state index contributed by atoms with van der Waals surface area (Å²) in [6.07, 6.45) is 0.439. The van der Waals surface area contributed by atoms with Crippen molar-refractivity contribution >= 4 is 5.97 Å². The first-order chi connectivity index (χ1) is 10.8. The molecule has 0 N–H and O–H groups in total. The average Bonchev–Trinajstić information content (AvgIpc) is 2.47. The minimum absolute atomic E-state index is 0.0306. The van der Waals surface area contributed by atoms with E-state index in [0.29, 0.717) is 0 Å². The van der Waals surface area contributed by atoms with Gasteiger partial charge in [0.05, 0.1) is 6.61 Å². The molecule has 0 radical (unpaired) electrons. The highest BCUT2D eigenvalue weighted by Crippen LogP contribution is 2.37. The number of hydrogen-bond acceptors (Lipinski definition) is 8. The summed E-state index contributed by atoms with van der Waals surface area (Å²) in [5.41, 5.74) is -3.99. The number of ether oxygens (including phenoxy) is 1. The molecule has 11 nitrogen and oxygen atoms in total. The van der Waals surface area contributed by atoms with Crippen LogP contribution in [-0.2, 0) is 10.4 Å². The van der Waals surface area contributed by atoms with E-state index < -0.39 is 44.5 Å². The molecule has 0 saturated carbocycles. The molecule has 0 aromatic carbocycles. The monoisotopic (exact) mass is 326 g/mol. The summed E-state index contributed by atoms with van der Waals surface area (Å²) in [6.45, 7) is 3.16. The second kappa shape index (κ2) is 5.74. The fraction of sp³-hybridized carbons (Fsp3) is 0.583. The van der Waals surface area contributed by atoms with E-state index >= 15 is 0 Å². The van der Waals surface area contributed by atoms with Crippen molar-refractivity contribution in [3.8, 4) is 0 Å². The smallest absolute Gasteiger partial charge is 0.462 e. The lowest BCUT2D eigenvalue weighted by molar-refractivity contribution is -0.815. The fourth-order valence-corrected chi connectivity index (χ4v) is 2.59. The standard InChI is InChI=1S/C12H14N4O7/c1-3-23-10(18)8-6-13-11-12(15(19)20,16(21)22)5-4-7(2)14(11)9(8)17/h6-7H,3-5H2,1-2H3. The number of nitrogens with zero attached hydrogens (tertiary/aromatic N) is 4. The van der Waals surface area contributed by atoms with Gasteiger partial charge in [0.2, 0.25) is 0 Å². The van der Waals surface area contributed by atoms with Crippen LogP contribution in [0, 0.1) is 20.2 Å². The van der Waals surface area contributed by atoms with Gasteiger partial charge in [-0.1, -0.05) is 0 Å². The van der Waals surface area contributed by atoms with Crippen molar-refractivity contribution in [2.45, 2.75) is 38.4 Å². The van der Waals surface area contributed by atoms with Crippen LogP contribution in [0.3, 0.4) is 0 Å². The maximum Gasteiger partial charge on any atom is 0.515 e. The first kappa shape index (κ1) is 16.5. The van der Waals surface area contributed by atoms with Gasteiger partial charge in [0.25, 0.3) is 11.4 Å². The van der Waals surface area contributed by atoms with E-state index in [0.717, 1.165) is 10.8 Å².